The van der Waals surface area contributed by atoms with Gasteiger partial charge in [-0.25, -0.2) is 0 Å². The van der Waals surface area contributed by atoms with Crippen molar-refractivity contribution in [2.75, 3.05) is 18.9 Å². The number of aliphatic hydroxyl groups is 1. The number of rotatable bonds is 5. The molecule has 1 saturated heterocycles. The Morgan fingerprint density at radius 3 is 2.58 bits per heavy atom. The van der Waals surface area contributed by atoms with Crippen LogP contribution in [-0.2, 0) is 16.6 Å². The van der Waals surface area contributed by atoms with Gasteiger partial charge in [0.25, 0.3) is 0 Å². The third-order valence-corrected chi connectivity index (χ3v) is 6.86. The highest BCUT2D eigenvalue weighted by Gasteiger charge is 2.48. The second kappa shape index (κ2) is 8.61. The fourth-order valence-electron chi connectivity index (χ4n) is 4.94. The zero-order valence-electron chi connectivity index (χ0n) is 18.9. The minimum atomic E-state index is -4.70. The Morgan fingerprint density at radius 1 is 1.27 bits per heavy atom. The van der Waals surface area contributed by atoms with E-state index in [1.165, 1.54) is 23.4 Å². The van der Waals surface area contributed by atoms with Crippen LogP contribution >= 0.6 is 0 Å². The number of hydrogen-bond donors (Lipinski definition) is 3. The zero-order valence-corrected chi connectivity index (χ0v) is 18.9. The number of nitrogens with one attached hydrogen (secondary N) is 2. The van der Waals surface area contributed by atoms with Crippen LogP contribution in [0.3, 0.4) is 0 Å². The Hall–Kier alpha value is -2.65. The van der Waals surface area contributed by atoms with E-state index >= 15 is 0 Å². The molecule has 0 saturated carbocycles. The van der Waals surface area contributed by atoms with E-state index in [4.69, 9.17) is 0 Å². The molecular formula is C24H29F3N4O2. The van der Waals surface area contributed by atoms with Crippen molar-refractivity contribution in [1.29, 1.82) is 0 Å². The molecule has 2 aromatic rings. The van der Waals surface area contributed by atoms with Crippen LogP contribution in [0.4, 0.5) is 18.9 Å². The van der Waals surface area contributed by atoms with Gasteiger partial charge in [0, 0.05) is 25.0 Å². The molecule has 178 valence electrons. The normalized spacial score (nSPS) is 24.9. The molecule has 9 heteroatoms. The van der Waals surface area contributed by atoms with Crippen molar-refractivity contribution >= 4 is 11.6 Å². The van der Waals surface area contributed by atoms with Gasteiger partial charge in [-0.1, -0.05) is 38.1 Å². The van der Waals surface area contributed by atoms with Crippen LogP contribution in [0.5, 0.6) is 0 Å². The molecular weight excluding hydrogens is 433 g/mol. The van der Waals surface area contributed by atoms with Gasteiger partial charge < -0.3 is 20.6 Å². The summed E-state index contributed by atoms with van der Waals surface area (Å²) in [7, 11) is 1.12. The van der Waals surface area contributed by atoms with E-state index in [2.05, 4.69) is 41.6 Å². The van der Waals surface area contributed by atoms with Crippen LogP contribution in [-0.4, -0.2) is 58.9 Å². The first-order valence-corrected chi connectivity index (χ1v) is 11.0. The van der Waals surface area contributed by atoms with E-state index in [0.29, 0.717) is 10.6 Å². The van der Waals surface area contributed by atoms with Crippen molar-refractivity contribution in [3.8, 4) is 0 Å². The minimum Gasteiger partial charge on any atom is -0.392 e. The van der Waals surface area contributed by atoms with Crippen LogP contribution in [0.15, 0.2) is 42.6 Å². The summed E-state index contributed by atoms with van der Waals surface area (Å²) in [6.45, 7) is 4.47. The molecule has 1 unspecified atom stereocenters. The molecule has 4 rings (SSSR count). The van der Waals surface area contributed by atoms with Crippen LogP contribution < -0.4 is 10.6 Å². The molecule has 1 aliphatic heterocycles. The minimum absolute atomic E-state index is 0.0742. The molecule has 1 aromatic carbocycles. The molecule has 0 bridgehead atoms. The summed E-state index contributed by atoms with van der Waals surface area (Å²) in [6.07, 6.45) is -3.15. The average molecular weight is 463 g/mol. The lowest BCUT2D eigenvalue weighted by Crippen LogP contribution is -2.47. The number of anilines is 1. The summed E-state index contributed by atoms with van der Waals surface area (Å²) in [5.74, 6) is -0.719. The monoisotopic (exact) mass is 462 g/mol. The van der Waals surface area contributed by atoms with Crippen molar-refractivity contribution in [3.05, 3.63) is 59.4 Å². The number of alkyl halides is 3. The highest BCUT2D eigenvalue weighted by atomic mass is 19.4. The highest BCUT2D eigenvalue weighted by Crippen LogP contribution is 2.40. The number of carbonyl (C=O) groups excluding carboxylic acids is 1. The number of pyridine rings is 1. The maximum Gasteiger partial charge on any atom is 0.414 e. The molecule has 0 spiro atoms. The Balaban J connectivity index is 1.51. The quantitative estimate of drug-likeness (QED) is 0.636. The van der Waals surface area contributed by atoms with Gasteiger partial charge in [-0.3, -0.25) is 9.78 Å². The van der Waals surface area contributed by atoms with Crippen molar-refractivity contribution in [2.45, 2.75) is 62.5 Å². The molecule has 1 aromatic heterocycles. The number of halogens is 3. The number of β-amino-alcohol motifs (C(OH)–C–C–N with tert-alkyl or cyclic N) is 1. The van der Waals surface area contributed by atoms with Gasteiger partial charge in [-0.2, -0.15) is 13.2 Å². The van der Waals surface area contributed by atoms with E-state index in [9.17, 15) is 23.1 Å². The van der Waals surface area contributed by atoms with E-state index < -0.39 is 30.3 Å². The molecule has 1 amide bonds. The Bertz CT molecular complexity index is 1010. The number of aliphatic hydroxyl groups excluding tert-OH is 1. The topological polar surface area (TPSA) is 77.5 Å². The van der Waals surface area contributed by atoms with Gasteiger partial charge in [0.1, 0.15) is 0 Å². The number of fused-ring (bicyclic) bond motifs is 1. The van der Waals surface area contributed by atoms with Crippen molar-refractivity contribution in [3.63, 3.8) is 0 Å². The lowest BCUT2D eigenvalue weighted by atomic mass is 9.83. The number of amides is 1. The first-order chi connectivity index (χ1) is 15.5. The number of hydrogen-bond acceptors (Lipinski definition) is 5. The molecule has 4 atom stereocenters. The smallest absolute Gasteiger partial charge is 0.392 e. The number of aromatic nitrogens is 1. The average Bonchev–Trinajstić information content (AvgIpc) is 3.29. The maximum atomic E-state index is 13.9. The van der Waals surface area contributed by atoms with Crippen LogP contribution in [0.1, 0.15) is 43.1 Å². The summed E-state index contributed by atoms with van der Waals surface area (Å²) in [6, 6.07) is 8.17. The van der Waals surface area contributed by atoms with Gasteiger partial charge in [-0.05, 0) is 36.1 Å². The predicted octanol–water partition coefficient (Wildman–Crippen LogP) is 3.18. The Labute approximate surface area is 191 Å². The number of carbonyl (C=O) groups is 1. The van der Waals surface area contributed by atoms with Crippen molar-refractivity contribution in [2.24, 2.45) is 0 Å². The lowest BCUT2D eigenvalue weighted by molar-refractivity contribution is -0.190. The summed E-state index contributed by atoms with van der Waals surface area (Å²) in [5.41, 5.74) is 2.74. The van der Waals surface area contributed by atoms with Gasteiger partial charge in [-0.15, -0.1) is 0 Å². The third kappa shape index (κ3) is 4.56. The lowest BCUT2D eigenvalue weighted by Gasteiger charge is -2.32. The predicted molar refractivity (Wildman–Crippen MR) is 119 cm³/mol. The van der Waals surface area contributed by atoms with Crippen molar-refractivity contribution in [1.82, 2.24) is 15.2 Å². The molecule has 2 aliphatic rings. The van der Waals surface area contributed by atoms with Gasteiger partial charge in [0.15, 0.2) is 6.04 Å². The summed E-state index contributed by atoms with van der Waals surface area (Å²) in [4.78, 5) is 17.4. The van der Waals surface area contributed by atoms with Crippen LogP contribution in [0.25, 0.3) is 0 Å². The van der Waals surface area contributed by atoms with Crippen LogP contribution in [0.2, 0.25) is 0 Å². The van der Waals surface area contributed by atoms with E-state index in [1.54, 1.807) is 6.07 Å². The summed E-state index contributed by atoms with van der Waals surface area (Å²) < 4.78 is 41.8. The van der Waals surface area contributed by atoms with E-state index in [0.717, 1.165) is 13.5 Å². The standard InChI is InChI=1S/C24H29F3N4O2/c1-23(2)17-7-5-4-6-14(17)10-20(23)30-15-8-9-18(28-12-15)21(24(25,26)27)31(3)22(33)19-11-16(32)13-29-19/h4-9,12,16,19-21,29-30,32H,10-11,13H2,1-3H3/t16-,19+,20+,21?/m1/s1. The molecule has 2 heterocycles. The molecule has 1 fully saturated rings. The molecule has 33 heavy (non-hydrogen) atoms. The first kappa shape index (κ1) is 23.5. The highest BCUT2D eigenvalue weighted by molar-refractivity contribution is 5.82. The van der Waals surface area contributed by atoms with Gasteiger partial charge in [0.2, 0.25) is 5.91 Å². The van der Waals surface area contributed by atoms with Crippen molar-refractivity contribution < 1.29 is 23.1 Å². The number of likely N-dealkylation sites (N-methyl/N-ethyl adjacent to an activating group) is 1. The molecule has 1 aliphatic carbocycles. The fourth-order valence-corrected chi connectivity index (χ4v) is 4.94. The maximum absolute atomic E-state index is 13.9. The second-order valence-electron chi connectivity index (χ2n) is 9.50. The molecule has 3 N–H and O–H groups in total. The van der Waals surface area contributed by atoms with Gasteiger partial charge in [0.05, 0.1) is 29.7 Å². The largest absolute Gasteiger partial charge is 0.414 e. The summed E-state index contributed by atoms with van der Waals surface area (Å²) in [5, 5.41) is 15.8. The fraction of sp³-hybridized carbons (Fsp3) is 0.500. The Morgan fingerprint density at radius 2 is 2.00 bits per heavy atom. The second-order valence-corrected chi connectivity index (χ2v) is 9.50. The SMILES string of the molecule is CN(C(=O)[C@@H]1C[C@@H](O)CN1)C(c1ccc(N[C@H]2Cc3ccccc3C2(C)C)cn1)C(F)(F)F. The number of nitrogens with zero attached hydrogens (tertiary/aromatic N) is 2. The first-order valence-electron chi connectivity index (χ1n) is 11.0. The van der Waals surface area contributed by atoms with E-state index in [-0.39, 0.29) is 30.1 Å². The third-order valence-electron chi connectivity index (χ3n) is 6.86. The van der Waals surface area contributed by atoms with E-state index in [1.807, 2.05) is 12.1 Å². The zero-order chi connectivity index (χ0) is 24.0. The van der Waals surface area contributed by atoms with Gasteiger partial charge >= 0.3 is 6.18 Å². The molecule has 0 radical (unpaired) electrons. The summed E-state index contributed by atoms with van der Waals surface area (Å²) >= 11 is 0. The van der Waals surface area contributed by atoms with Crippen LogP contribution in [0, 0.1) is 0 Å². The Kier molecular flexibility index (Phi) is 6.13. The molecule has 6 nitrogen and oxygen atoms in total. The number of benzene rings is 1.